The largest absolute Gasteiger partial charge is 0.358 e. The SMILES string of the molecule is O=C(CNCCc1cc2ccccc2[nH]1)Nc1c2c(nc3ccccc13)CCC2. The number of anilines is 1. The van der Waals surface area contributed by atoms with E-state index in [0.717, 1.165) is 60.0 Å². The molecule has 4 aromatic rings. The smallest absolute Gasteiger partial charge is 0.238 e. The summed E-state index contributed by atoms with van der Waals surface area (Å²) in [6.45, 7) is 1.04. The first-order valence-electron chi connectivity index (χ1n) is 10.3. The summed E-state index contributed by atoms with van der Waals surface area (Å²) in [4.78, 5) is 20.8. The molecule has 146 valence electrons. The number of aromatic nitrogens is 2. The van der Waals surface area contributed by atoms with Gasteiger partial charge in [0.2, 0.25) is 5.91 Å². The van der Waals surface area contributed by atoms with E-state index in [4.69, 9.17) is 4.98 Å². The third-order valence-corrected chi connectivity index (χ3v) is 5.63. The average molecular weight is 384 g/mol. The van der Waals surface area contributed by atoms with Crippen LogP contribution in [0.4, 0.5) is 5.69 Å². The van der Waals surface area contributed by atoms with Crippen molar-refractivity contribution in [2.24, 2.45) is 0 Å². The lowest BCUT2D eigenvalue weighted by molar-refractivity contribution is -0.115. The fourth-order valence-corrected chi connectivity index (χ4v) is 4.23. The van der Waals surface area contributed by atoms with Crippen LogP contribution in [0.5, 0.6) is 0 Å². The molecule has 1 aliphatic rings. The molecule has 0 unspecified atom stereocenters. The molecule has 3 N–H and O–H groups in total. The number of nitrogens with one attached hydrogen (secondary N) is 3. The number of rotatable bonds is 6. The van der Waals surface area contributed by atoms with Crippen molar-refractivity contribution < 1.29 is 4.79 Å². The maximum atomic E-state index is 12.6. The van der Waals surface area contributed by atoms with Crippen molar-refractivity contribution >= 4 is 33.4 Å². The van der Waals surface area contributed by atoms with Crippen LogP contribution in [0.15, 0.2) is 54.6 Å². The lowest BCUT2D eigenvalue weighted by Gasteiger charge is -2.14. The second kappa shape index (κ2) is 7.68. The Morgan fingerprint density at radius 3 is 2.86 bits per heavy atom. The number of hydrogen-bond donors (Lipinski definition) is 3. The van der Waals surface area contributed by atoms with Crippen LogP contribution in [0.25, 0.3) is 21.8 Å². The Kier molecular flexibility index (Phi) is 4.74. The molecule has 0 aliphatic heterocycles. The Balaban J connectivity index is 1.22. The molecule has 1 aliphatic carbocycles. The molecule has 2 heterocycles. The van der Waals surface area contributed by atoms with Gasteiger partial charge < -0.3 is 15.6 Å². The highest BCUT2D eigenvalue weighted by Gasteiger charge is 2.20. The fraction of sp³-hybridized carbons (Fsp3) is 0.250. The van der Waals surface area contributed by atoms with Gasteiger partial charge in [-0.05, 0) is 54.8 Å². The number of hydrogen-bond acceptors (Lipinski definition) is 3. The van der Waals surface area contributed by atoms with E-state index in [1.54, 1.807) is 0 Å². The van der Waals surface area contributed by atoms with Crippen molar-refractivity contribution in [3.8, 4) is 0 Å². The Bertz CT molecular complexity index is 1160. The van der Waals surface area contributed by atoms with Crippen LogP contribution in [0, 0.1) is 0 Å². The first-order valence-corrected chi connectivity index (χ1v) is 10.3. The molecule has 0 spiro atoms. The minimum Gasteiger partial charge on any atom is -0.358 e. The standard InChI is InChI=1S/C24H24N4O/c29-23(15-25-13-12-17-14-16-6-1-3-9-20(16)26-17)28-24-18-7-2-4-10-21(18)27-22-11-5-8-19(22)24/h1-4,6-7,9-10,14,25-26H,5,8,11-13,15H2,(H,27,28,29). The summed E-state index contributed by atoms with van der Waals surface area (Å²) in [5.41, 5.74) is 6.57. The summed E-state index contributed by atoms with van der Waals surface area (Å²) in [6.07, 6.45) is 3.93. The number of carbonyl (C=O) groups excluding carboxylic acids is 1. The highest BCUT2D eigenvalue weighted by atomic mass is 16.1. The molecule has 2 aromatic carbocycles. The van der Waals surface area contributed by atoms with Crippen LogP contribution in [-0.4, -0.2) is 29.0 Å². The van der Waals surface area contributed by atoms with Crippen LogP contribution in [-0.2, 0) is 24.1 Å². The first kappa shape index (κ1) is 17.9. The minimum atomic E-state index is -0.00731. The summed E-state index contributed by atoms with van der Waals surface area (Å²) >= 11 is 0. The maximum absolute atomic E-state index is 12.6. The van der Waals surface area contributed by atoms with Crippen molar-refractivity contribution in [3.05, 3.63) is 71.5 Å². The summed E-state index contributed by atoms with van der Waals surface area (Å²) in [7, 11) is 0. The van der Waals surface area contributed by atoms with Gasteiger partial charge in [-0.2, -0.15) is 0 Å². The number of fused-ring (bicyclic) bond motifs is 3. The van der Waals surface area contributed by atoms with E-state index in [-0.39, 0.29) is 5.91 Å². The van der Waals surface area contributed by atoms with Crippen LogP contribution < -0.4 is 10.6 Å². The molecule has 0 radical (unpaired) electrons. The number of benzene rings is 2. The Labute approximate surface area is 169 Å². The molecule has 29 heavy (non-hydrogen) atoms. The van der Waals surface area contributed by atoms with Gasteiger partial charge in [0.15, 0.2) is 0 Å². The van der Waals surface area contributed by atoms with Crippen molar-refractivity contribution in [1.29, 1.82) is 0 Å². The number of H-pyrrole nitrogens is 1. The number of pyridine rings is 1. The third kappa shape index (κ3) is 3.61. The number of aryl methyl sites for hydroxylation is 1. The Morgan fingerprint density at radius 1 is 1.07 bits per heavy atom. The van der Waals surface area contributed by atoms with Crippen molar-refractivity contribution in [1.82, 2.24) is 15.3 Å². The lowest BCUT2D eigenvalue weighted by atomic mass is 10.1. The summed E-state index contributed by atoms with van der Waals surface area (Å²) in [5.74, 6) is -0.00731. The summed E-state index contributed by atoms with van der Waals surface area (Å²) in [5, 5.41) is 8.67. The van der Waals surface area contributed by atoms with E-state index in [9.17, 15) is 4.79 Å². The molecular weight excluding hydrogens is 360 g/mol. The molecule has 5 rings (SSSR count). The Hall–Kier alpha value is -3.18. The van der Waals surface area contributed by atoms with Gasteiger partial charge in [0.1, 0.15) is 0 Å². The number of para-hydroxylation sites is 2. The summed E-state index contributed by atoms with van der Waals surface area (Å²) < 4.78 is 0. The lowest BCUT2D eigenvalue weighted by Crippen LogP contribution is -2.30. The van der Waals surface area contributed by atoms with Gasteiger partial charge in [0.05, 0.1) is 17.7 Å². The zero-order valence-electron chi connectivity index (χ0n) is 16.3. The zero-order valence-corrected chi connectivity index (χ0v) is 16.3. The highest BCUT2D eigenvalue weighted by Crippen LogP contribution is 2.33. The molecule has 1 amide bonds. The molecule has 0 atom stereocenters. The molecule has 5 nitrogen and oxygen atoms in total. The van der Waals surface area contributed by atoms with Gasteiger partial charge >= 0.3 is 0 Å². The second-order valence-electron chi connectivity index (χ2n) is 7.64. The van der Waals surface area contributed by atoms with Gasteiger partial charge in [0.25, 0.3) is 0 Å². The molecular formula is C24H24N4O. The second-order valence-corrected chi connectivity index (χ2v) is 7.64. The van der Waals surface area contributed by atoms with E-state index >= 15 is 0 Å². The van der Waals surface area contributed by atoms with E-state index in [1.807, 2.05) is 36.4 Å². The van der Waals surface area contributed by atoms with Gasteiger partial charge in [-0.15, -0.1) is 0 Å². The van der Waals surface area contributed by atoms with Crippen LogP contribution in [0.3, 0.4) is 0 Å². The van der Waals surface area contributed by atoms with Crippen molar-refractivity contribution in [2.75, 3.05) is 18.4 Å². The predicted molar refractivity (Wildman–Crippen MR) is 117 cm³/mol. The zero-order chi connectivity index (χ0) is 19.6. The topological polar surface area (TPSA) is 69.8 Å². The minimum absolute atomic E-state index is 0.00731. The van der Waals surface area contributed by atoms with Gasteiger partial charge in [-0.3, -0.25) is 9.78 Å². The number of nitrogens with zero attached hydrogens (tertiary/aromatic N) is 1. The highest BCUT2D eigenvalue weighted by molar-refractivity contribution is 6.03. The van der Waals surface area contributed by atoms with Crippen LogP contribution in [0.1, 0.15) is 23.4 Å². The van der Waals surface area contributed by atoms with E-state index in [1.165, 1.54) is 16.6 Å². The Morgan fingerprint density at radius 2 is 1.93 bits per heavy atom. The maximum Gasteiger partial charge on any atom is 0.238 e. The monoisotopic (exact) mass is 384 g/mol. The molecule has 0 saturated carbocycles. The molecule has 2 aromatic heterocycles. The molecule has 0 saturated heterocycles. The predicted octanol–water partition coefficient (Wildman–Crippen LogP) is 3.98. The molecule has 0 fully saturated rings. The van der Waals surface area contributed by atoms with Crippen molar-refractivity contribution in [3.63, 3.8) is 0 Å². The van der Waals surface area contributed by atoms with Gasteiger partial charge in [-0.1, -0.05) is 36.4 Å². The van der Waals surface area contributed by atoms with Gasteiger partial charge in [-0.25, -0.2) is 0 Å². The third-order valence-electron chi connectivity index (χ3n) is 5.63. The molecule has 0 bridgehead atoms. The number of carbonyl (C=O) groups is 1. The van der Waals surface area contributed by atoms with Crippen LogP contribution in [0.2, 0.25) is 0 Å². The van der Waals surface area contributed by atoms with E-state index in [2.05, 4.69) is 33.8 Å². The van der Waals surface area contributed by atoms with E-state index < -0.39 is 0 Å². The first-order chi connectivity index (χ1) is 14.3. The van der Waals surface area contributed by atoms with Crippen LogP contribution >= 0.6 is 0 Å². The van der Waals surface area contributed by atoms with Gasteiger partial charge in [0, 0.05) is 28.8 Å². The average Bonchev–Trinajstić information content (AvgIpc) is 3.37. The normalized spacial score (nSPS) is 13.1. The number of amides is 1. The fourth-order valence-electron chi connectivity index (χ4n) is 4.23. The number of aromatic amines is 1. The van der Waals surface area contributed by atoms with Crippen molar-refractivity contribution in [2.45, 2.75) is 25.7 Å². The quantitative estimate of drug-likeness (QED) is 0.441. The summed E-state index contributed by atoms with van der Waals surface area (Å²) in [6, 6.07) is 18.5. The molecule has 5 heteroatoms. The van der Waals surface area contributed by atoms with E-state index in [0.29, 0.717) is 6.54 Å².